The fourth-order valence-corrected chi connectivity index (χ4v) is 1.49. The Kier molecular flexibility index (Phi) is 6.00. The second kappa shape index (κ2) is 7.55. The highest BCUT2D eigenvalue weighted by Crippen LogP contribution is 2.25. The number of carbonyl (C=O) groups is 1. The van der Waals surface area contributed by atoms with Gasteiger partial charge in [0.2, 0.25) is 0 Å². The van der Waals surface area contributed by atoms with Crippen molar-refractivity contribution in [2.75, 3.05) is 27.4 Å². The van der Waals surface area contributed by atoms with Crippen LogP contribution >= 0.6 is 0 Å². The lowest BCUT2D eigenvalue weighted by Crippen LogP contribution is -2.38. The van der Waals surface area contributed by atoms with E-state index in [0.29, 0.717) is 18.1 Å². The molecular formula is C13H19NO4. The Morgan fingerprint density at radius 1 is 1.28 bits per heavy atom. The van der Waals surface area contributed by atoms with Crippen molar-refractivity contribution in [2.24, 2.45) is 0 Å². The van der Waals surface area contributed by atoms with Gasteiger partial charge in [-0.1, -0.05) is 12.1 Å². The molecule has 1 atom stereocenters. The Labute approximate surface area is 107 Å². The predicted octanol–water partition coefficient (Wildman–Crippen LogP) is 1.23. The van der Waals surface area contributed by atoms with E-state index in [2.05, 4.69) is 5.32 Å². The molecule has 0 aliphatic rings. The summed E-state index contributed by atoms with van der Waals surface area (Å²) < 4.78 is 15.4. The zero-order valence-electron chi connectivity index (χ0n) is 10.9. The molecule has 0 heterocycles. The molecule has 0 radical (unpaired) electrons. The van der Waals surface area contributed by atoms with Gasteiger partial charge in [0.1, 0.15) is 0 Å². The number of hydrogen-bond acceptors (Lipinski definition) is 4. The van der Waals surface area contributed by atoms with E-state index in [9.17, 15) is 4.79 Å². The number of carbonyl (C=O) groups excluding carboxylic acids is 1. The van der Waals surface area contributed by atoms with Crippen molar-refractivity contribution in [1.29, 1.82) is 0 Å². The summed E-state index contributed by atoms with van der Waals surface area (Å²) in [6.45, 7) is 2.29. The third-order valence-electron chi connectivity index (χ3n) is 2.25. The predicted molar refractivity (Wildman–Crippen MR) is 68.0 cm³/mol. The van der Waals surface area contributed by atoms with Crippen molar-refractivity contribution in [3.63, 3.8) is 0 Å². The van der Waals surface area contributed by atoms with Crippen molar-refractivity contribution >= 4 is 5.91 Å². The molecule has 5 nitrogen and oxygen atoms in total. The molecule has 100 valence electrons. The van der Waals surface area contributed by atoms with Gasteiger partial charge in [-0.05, 0) is 19.1 Å². The largest absolute Gasteiger partial charge is 0.493 e. The lowest BCUT2D eigenvalue weighted by Gasteiger charge is -2.14. The molecule has 5 heteroatoms. The topological polar surface area (TPSA) is 56.8 Å². The molecule has 1 aromatic rings. The Hall–Kier alpha value is -1.75. The monoisotopic (exact) mass is 253 g/mol. The van der Waals surface area contributed by atoms with Gasteiger partial charge in [-0.15, -0.1) is 0 Å². The number of benzene rings is 1. The van der Waals surface area contributed by atoms with Crippen LogP contribution in [0.4, 0.5) is 0 Å². The smallest absolute Gasteiger partial charge is 0.258 e. The van der Waals surface area contributed by atoms with Crippen molar-refractivity contribution in [2.45, 2.75) is 13.0 Å². The van der Waals surface area contributed by atoms with Crippen LogP contribution in [0.5, 0.6) is 11.5 Å². The highest BCUT2D eigenvalue weighted by molar-refractivity contribution is 5.77. The summed E-state index contributed by atoms with van der Waals surface area (Å²) in [7, 11) is 3.15. The van der Waals surface area contributed by atoms with E-state index in [4.69, 9.17) is 14.2 Å². The number of para-hydroxylation sites is 2. The van der Waals surface area contributed by atoms with Crippen LogP contribution < -0.4 is 14.8 Å². The Morgan fingerprint density at radius 3 is 2.56 bits per heavy atom. The van der Waals surface area contributed by atoms with Gasteiger partial charge in [0.25, 0.3) is 5.91 Å². The highest BCUT2D eigenvalue weighted by Gasteiger charge is 2.09. The van der Waals surface area contributed by atoms with Crippen molar-refractivity contribution in [1.82, 2.24) is 5.32 Å². The Morgan fingerprint density at radius 2 is 1.94 bits per heavy atom. The molecule has 1 unspecified atom stereocenters. The number of hydrogen-bond donors (Lipinski definition) is 1. The number of amides is 1. The third kappa shape index (κ3) is 4.63. The van der Waals surface area contributed by atoms with Crippen molar-refractivity contribution in [3.05, 3.63) is 24.3 Å². The maximum atomic E-state index is 11.6. The molecule has 0 fully saturated rings. The Balaban J connectivity index is 2.42. The van der Waals surface area contributed by atoms with E-state index in [1.54, 1.807) is 26.4 Å². The van der Waals surface area contributed by atoms with E-state index in [-0.39, 0.29) is 18.6 Å². The van der Waals surface area contributed by atoms with Gasteiger partial charge in [0, 0.05) is 13.2 Å². The lowest BCUT2D eigenvalue weighted by atomic mass is 10.3. The summed E-state index contributed by atoms with van der Waals surface area (Å²) in [6.07, 6.45) is 0. The fourth-order valence-electron chi connectivity index (χ4n) is 1.49. The first-order chi connectivity index (χ1) is 8.67. The molecule has 0 aromatic heterocycles. The summed E-state index contributed by atoms with van der Waals surface area (Å²) >= 11 is 0. The Bertz CT molecular complexity index is 381. The van der Waals surface area contributed by atoms with Gasteiger partial charge in [-0.25, -0.2) is 0 Å². The molecule has 0 bridgehead atoms. The van der Waals surface area contributed by atoms with Gasteiger partial charge in [-0.2, -0.15) is 0 Å². The van der Waals surface area contributed by atoms with Crippen molar-refractivity contribution < 1.29 is 19.0 Å². The lowest BCUT2D eigenvalue weighted by molar-refractivity contribution is -0.124. The van der Waals surface area contributed by atoms with Crippen LogP contribution in [0.3, 0.4) is 0 Å². The summed E-state index contributed by atoms with van der Waals surface area (Å²) in [5, 5.41) is 2.76. The second-order valence-corrected chi connectivity index (χ2v) is 3.86. The summed E-state index contributed by atoms with van der Waals surface area (Å²) in [5.41, 5.74) is 0. The van der Waals surface area contributed by atoms with Crippen LogP contribution in [-0.4, -0.2) is 39.4 Å². The molecule has 1 N–H and O–H groups in total. The number of rotatable bonds is 7. The standard InChI is InChI=1S/C13H19NO4/c1-10(8-16-2)14-13(15)9-18-12-7-5-4-6-11(12)17-3/h4-7,10H,8-9H2,1-3H3,(H,14,15). The van der Waals surface area contributed by atoms with E-state index >= 15 is 0 Å². The number of methoxy groups -OCH3 is 2. The molecule has 1 aromatic carbocycles. The number of ether oxygens (including phenoxy) is 3. The fraction of sp³-hybridized carbons (Fsp3) is 0.462. The van der Waals surface area contributed by atoms with E-state index in [1.165, 1.54) is 0 Å². The van der Waals surface area contributed by atoms with Gasteiger partial charge in [-0.3, -0.25) is 4.79 Å². The molecule has 1 amide bonds. The third-order valence-corrected chi connectivity index (χ3v) is 2.25. The van der Waals surface area contributed by atoms with Gasteiger partial charge in [0.05, 0.1) is 13.7 Å². The molecule has 18 heavy (non-hydrogen) atoms. The highest BCUT2D eigenvalue weighted by atomic mass is 16.5. The van der Waals surface area contributed by atoms with Gasteiger partial charge in [0.15, 0.2) is 18.1 Å². The summed E-state index contributed by atoms with van der Waals surface area (Å²) in [5.74, 6) is 0.968. The van der Waals surface area contributed by atoms with Gasteiger partial charge < -0.3 is 19.5 Å². The average Bonchev–Trinajstić information content (AvgIpc) is 2.37. The minimum absolute atomic E-state index is 0.0382. The SMILES string of the molecule is COCC(C)NC(=O)COc1ccccc1OC. The van der Waals surface area contributed by atoms with Crippen LogP contribution in [-0.2, 0) is 9.53 Å². The summed E-state index contributed by atoms with van der Waals surface area (Å²) in [6, 6.07) is 7.16. The van der Waals surface area contributed by atoms with E-state index in [0.717, 1.165) is 0 Å². The molecule has 1 rings (SSSR count). The minimum Gasteiger partial charge on any atom is -0.493 e. The molecule has 0 saturated heterocycles. The van der Waals surface area contributed by atoms with Crippen LogP contribution in [0.15, 0.2) is 24.3 Å². The van der Waals surface area contributed by atoms with Crippen LogP contribution in [0.2, 0.25) is 0 Å². The molecule has 0 spiro atoms. The van der Waals surface area contributed by atoms with Crippen LogP contribution in [0, 0.1) is 0 Å². The average molecular weight is 253 g/mol. The quantitative estimate of drug-likeness (QED) is 0.794. The molecule has 0 aliphatic heterocycles. The molecule has 0 saturated carbocycles. The molecular weight excluding hydrogens is 234 g/mol. The van der Waals surface area contributed by atoms with Crippen LogP contribution in [0.25, 0.3) is 0 Å². The van der Waals surface area contributed by atoms with Gasteiger partial charge >= 0.3 is 0 Å². The maximum Gasteiger partial charge on any atom is 0.258 e. The second-order valence-electron chi connectivity index (χ2n) is 3.86. The first kappa shape index (κ1) is 14.3. The first-order valence-corrected chi connectivity index (χ1v) is 5.71. The zero-order valence-corrected chi connectivity index (χ0v) is 10.9. The van der Waals surface area contributed by atoms with E-state index < -0.39 is 0 Å². The van der Waals surface area contributed by atoms with E-state index in [1.807, 2.05) is 19.1 Å². The number of nitrogens with one attached hydrogen (secondary N) is 1. The normalized spacial score (nSPS) is 11.7. The summed E-state index contributed by atoms with van der Waals surface area (Å²) in [4.78, 5) is 11.6. The van der Waals surface area contributed by atoms with Crippen LogP contribution in [0.1, 0.15) is 6.92 Å². The van der Waals surface area contributed by atoms with Crippen molar-refractivity contribution in [3.8, 4) is 11.5 Å². The zero-order chi connectivity index (χ0) is 13.4. The first-order valence-electron chi connectivity index (χ1n) is 5.71. The minimum atomic E-state index is -0.189. The molecule has 0 aliphatic carbocycles. The maximum absolute atomic E-state index is 11.6.